The molecule has 1 heterocycles. The molecule has 0 aromatic rings. The Labute approximate surface area is 491 Å². The fraction of sp³-hybridized carbons (Fsp3) is 0.681. The van der Waals surface area contributed by atoms with Gasteiger partial charge in [-0.25, -0.2) is 4.79 Å². The minimum absolute atomic E-state index is 0.0473. The summed E-state index contributed by atoms with van der Waals surface area (Å²) in [6, 6.07) is 0. The molecule has 0 radical (unpaired) electrons. The Balaban J connectivity index is 2.71. The Morgan fingerprint density at radius 2 is 0.815 bits per heavy atom. The van der Waals surface area contributed by atoms with Crippen molar-refractivity contribution in [3.63, 3.8) is 0 Å². The number of unbranched alkanes of at least 4 members (excludes halogenated alkanes) is 22. The maximum atomic E-state index is 13.1. The Morgan fingerprint density at radius 3 is 1.25 bits per heavy atom. The Kier molecular flexibility index (Phi) is 51.3. The number of aliphatic hydroxyl groups excluding tert-OH is 2. The van der Waals surface area contributed by atoms with Crippen LogP contribution in [0.15, 0.2) is 109 Å². The number of allylic oxidation sites excluding steroid dienone is 17. The summed E-state index contributed by atoms with van der Waals surface area (Å²) in [4.78, 5) is 51.2. The fourth-order valence-corrected chi connectivity index (χ4v) is 9.08. The van der Waals surface area contributed by atoms with E-state index in [1.807, 2.05) is 12.2 Å². The van der Waals surface area contributed by atoms with E-state index in [2.05, 4.69) is 112 Å². The summed E-state index contributed by atoms with van der Waals surface area (Å²) in [6.07, 6.45) is 63.6. The van der Waals surface area contributed by atoms with Gasteiger partial charge >= 0.3 is 23.9 Å². The number of hydrogen-bond acceptors (Lipinski definition) is 11. The van der Waals surface area contributed by atoms with E-state index in [4.69, 9.17) is 23.7 Å². The first-order valence-corrected chi connectivity index (χ1v) is 31.9. The topological polar surface area (TPSA) is 175 Å². The summed E-state index contributed by atoms with van der Waals surface area (Å²) in [7, 11) is 0. The third-order valence-electron chi connectivity index (χ3n) is 13.9. The summed E-state index contributed by atoms with van der Waals surface area (Å²) in [6.45, 7) is 5.69. The molecule has 0 spiro atoms. The van der Waals surface area contributed by atoms with Crippen molar-refractivity contribution in [2.24, 2.45) is 0 Å². The molecular formula is C69H112O12. The minimum atomic E-state index is -1.92. The van der Waals surface area contributed by atoms with Gasteiger partial charge in [0, 0.05) is 12.8 Å². The average molecular weight is 1130 g/mol. The molecule has 1 aliphatic rings. The lowest BCUT2D eigenvalue weighted by Gasteiger charge is -2.40. The normalized spacial score (nSPS) is 18.5. The molecule has 0 aliphatic carbocycles. The molecule has 6 atom stereocenters. The SMILES string of the molecule is CC/C=C\C/C=C\C/C=C\C/C=C\C/C=C\CC(=O)OC(COC(=O)CCCCCCCC/C=C\C/C=C\C/C=C\C/C=C\CC)COC1OC(C(=O)O)C(O)C(O)C1OC(=O)CCCCCCCCCCCCCCCCCCC. The average Bonchev–Trinajstić information content (AvgIpc) is 3.53. The third-order valence-corrected chi connectivity index (χ3v) is 13.9. The first-order valence-electron chi connectivity index (χ1n) is 31.9. The number of carboxylic acids is 1. The number of aliphatic carboxylic acids is 1. The molecule has 1 aliphatic heterocycles. The number of ether oxygens (including phenoxy) is 5. The second kappa shape index (κ2) is 55.9. The van der Waals surface area contributed by atoms with Crippen molar-refractivity contribution in [3.05, 3.63) is 109 Å². The van der Waals surface area contributed by atoms with E-state index in [1.54, 1.807) is 6.08 Å². The van der Waals surface area contributed by atoms with E-state index in [1.165, 1.54) is 77.0 Å². The van der Waals surface area contributed by atoms with E-state index in [0.717, 1.165) is 116 Å². The van der Waals surface area contributed by atoms with Gasteiger partial charge in [0.05, 0.1) is 13.0 Å². The highest BCUT2D eigenvalue weighted by Crippen LogP contribution is 2.26. The van der Waals surface area contributed by atoms with Crippen molar-refractivity contribution in [2.75, 3.05) is 13.2 Å². The smallest absolute Gasteiger partial charge is 0.335 e. The molecule has 1 rings (SSSR count). The lowest BCUT2D eigenvalue weighted by Crippen LogP contribution is -2.61. The van der Waals surface area contributed by atoms with Crippen LogP contribution in [0.4, 0.5) is 0 Å². The maximum absolute atomic E-state index is 13.1. The number of rotatable bonds is 53. The van der Waals surface area contributed by atoms with Gasteiger partial charge in [-0.2, -0.15) is 0 Å². The molecule has 0 saturated carbocycles. The highest BCUT2D eigenvalue weighted by Gasteiger charge is 2.50. The molecule has 460 valence electrons. The standard InChI is InChI=1S/C69H112O12/c1-4-7-10-13-16-19-22-25-28-30-31-33-35-37-40-43-46-49-52-55-61(70)77-58-60(79-62(71)56-53-50-47-44-41-38-34-27-24-21-18-15-12-9-6-3)59-78-69-67(65(74)64(73)66(81-69)68(75)76)80-63(72)57-54-51-48-45-42-39-36-32-29-26-23-20-17-14-11-8-5-2/h7,9-10,12,16,18-19,21,25,27-28,31,33-34,41,44,50,53,60,64-67,69,73-74H,4-6,8,11,13-15,17,20,22-24,26,29-30,32,35-40,42-43,45-49,51-52,54-59H2,1-3H3,(H,75,76)/b10-7-,12-9-,19-16-,21-18-,28-25-,33-31-,34-27-,44-41-,53-50-. The van der Waals surface area contributed by atoms with E-state index >= 15 is 0 Å². The molecule has 0 aromatic carbocycles. The number of esters is 3. The van der Waals surface area contributed by atoms with Gasteiger partial charge in [-0.05, 0) is 83.5 Å². The zero-order valence-electron chi connectivity index (χ0n) is 50.7. The Hall–Kier alpha value is -4.62. The molecule has 81 heavy (non-hydrogen) atoms. The molecule has 12 heteroatoms. The summed E-state index contributed by atoms with van der Waals surface area (Å²) in [5, 5.41) is 31.6. The van der Waals surface area contributed by atoms with Crippen LogP contribution < -0.4 is 0 Å². The fourth-order valence-electron chi connectivity index (χ4n) is 9.08. The van der Waals surface area contributed by atoms with E-state index in [9.17, 15) is 34.5 Å². The Bertz CT molecular complexity index is 1820. The molecule has 1 fully saturated rings. The predicted octanol–water partition coefficient (Wildman–Crippen LogP) is 17.0. The van der Waals surface area contributed by atoms with Crippen LogP contribution in [0.3, 0.4) is 0 Å². The predicted molar refractivity (Wildman–Crippen MR) is 330 cm³/mol. The van der Waals surface area contributed by atoms with Gasteiger partial charge in [-0.1, -0.05) is 259 Å². The molecule has 12 nitrogen and oxygen atoms in total. The summed E-state index contributed by atoms with van der Waals surface area (Å²) >= 11 is 0. The lowest BCUT2D eigenvalue weighted by molar-refractivity contribution is -0.301. The van der Waals surface area contributed by atoms with Crippen LogP contribution >= 0.6 is 0 Å². The van der Waals surface area contributed by atoms with Crippen molar-refractivity contribution >= 4 is 23.9 Å². The molecule has 0 amide bonds. The molecule has 0 aromatic heterocycles. The largest absolute Gasteiger partial charge is 0.479 e. The van der Waals surface area contributed by atoms with Crippen molar-refractivity contribution in [2.45, 2.75) is 289 Å². The lowest BCUT2D eigenvalue weighted by atomic mass is 9.98. The van der Waals surface area contributed by atoms with Crippen LogP contribution in [0, 0.1) is 0 Å². The second-order valence-electron chi connectivity index (χ2n) is 21.3. The number of carboxylic acid groups (broad SMARTS) is 1. The minimum Gasteiger partial charge on any atom is -0.479 e. The maximum Gasteiger partial charge on any atom is 0.335 e. The number of hydrogen-bond donors (Lipinski definition) is 3. The van der Waals surface area contributed by atoms with Crippen LogP contribution in [0.5, 0.6) is 0 Å². The first-order chi connectivity index (χ1) is 39.6. The van der Waals surface area contributed by atoms with Gasteiger partial charge in [0.1, 0.15) is 18.8 Å². The highest BCUT2D eigenvalue weighted by atomic mass is 16.7. The van der Waals surface area contributed by atoms with E-state index < -0.39 is 67.3 Å². The monoisotopic (exact) mass is 1130 g/mol. The highest BCUT2D eigenvalue weighted by molar-refractivity contribution is 5.74. The van der Waals surface area contributed by atoms with Crippen LogP contribution in [0.2, 0.25) is 0 Å². The van der Waals surface area contributed by atoms with Crippen molar-refractivity contribution in [3.8, 4) is 0 Å². The molecule has 3 N–H and O–H groups in total. The second-order valence-corrected chi connectivity index (χ2v) is 21.3. The zero-order chi connectivity index (χ0) is 58.9. The van der Waals surface area contributed by atoms with E-state index in [0.29, 0.717) is 19.3 Å². The van der Waals surface area contributed by atoms with Crippen LogP contribution in [0.25, 0.3) is 0 Å². The van der Waals surface area contributed by atoms with Crippen LogP contribution in [-0.4, -0.2) is 89.2 Å². The number of carbonyl (C=O) groups is 4. The van der Waals surface area contributed by atoms with Crippen LogP contribution in [-0.2, 0) is 42.9 Å². The van der Waals surface area contributed by atoms with Crippen molar-refractivity contribution in [1.29, 1.82) is 0 Å². The molecular weight excluding hydrogens is 1020 g/mol. The summed E-state index contributed by atoms with van der Waals surface area (Å²) in [5.41, 5.74) is 0. The van der Waals surface area contributed by atoms with Crippen LogP contribution in [0.1, 0.15) is 252 Å². The van der Waals surface area contributed by atoms with E-state index in [-0.39, 0.29) is 25.9 Å². The van der Waals surface area contributed by atoms with Gasteiger partial charge < -0.3 is 39.0 Å². The summed E-state index contributed by atoms with van der Waals surface area (Å²) < 4.78 is 28.4. The van der Waals surface area contributed by atoms with Gasteiger partial charge in [0.15, 0.2) is 24.6 Å². The van der Waals surface area contributed by atoms with Crippen molar-refractivity contribution < 1.29 is 58.2 Å². The quantitative estimate of drug-likeness (QED) is 0.0228. The van der Waals surface area contributed by atoms with Gasteiger partial charge in [-0.15, -0.1) is 0 Å². The Morgan fingerprint density at radius 1 is 0.432 bits per heavy atom. The molecule has 0 bridgehead atoms. The first kappa shape index (κ1) is 74.4. The number of aliphatic hydroxyl groups is 2. The summed E-state index contributed by atoms with van der Waals surface area (Å²) in [5.74, 6) is -3.31. The zero-order valence-corrected chi connectivity index (χ0v) is 50.7. The molecule has 1 saturated heterocycles. The third kappa shape index (κ3) is 45.6. The van der Waals surface area contributed by atoms with Gasteiger partial charge in [-0.3, -0.25) is 14.4 Å². The van der Waals surface area contributed by atoms with Gasteiger partial charge in [0.2, 0.25) is 0 Å². The number of carbonyl (C=O) groups excluding carboxylic acids is 3. The van der Waals surface area contributed by atoms with Gasteiger partial charge in [0.25, 0.3) is 0 Å². The van der Waals surface area contributed by atoms with Crippen molar-refractivity contribution in [1.82, 2.24) is 0 Å². The molecule has 6 unspecified atom stereocenters.